The van der Waals surface area contributed by atoms with E-state index in [1.807, 2.05) is 37.3 Å². The summed E-state index contributed by atoms with van der Waals surface area (Å²) in [5.74, 6) is 1.46. The van der Waals surface area contributed by atoms with Crippen molar-refractivity contribution in [2.75, 3.05) is 0 Å². The lowest BCUT2D eigenvalue weighted by atomic mass is 10.2. The summed E-state index contributed by atoms with van der Waals surface area (Å²) in [7, 11) is 0. The number of hydrogen-bond acceptors (Lipinski definition) is 3. The fourth-order valence-electron chi connectivity index (χ4n) is 1.50. The lowest BCUT2D eigenvalue weighted by Crippen LogP contribution is -1.85. The van der Waals surface area contributed by atoms with Gasteiger partial charge in [0.25, 0.3) is 0 Å². The van der Waals surface area contributed by atoms with E-state index in [1.54, 1.807) is 12.1 Å². The van der Waals surface area contributed by atoms with Gasteiger partial charge in [-0.15, -0.1) is 0 Å². The molecule has 0 unspecified atom stereocenters. The summed E-state index contributed by atoms with van der Waals surface area (Å²) in [6, 6.07) is 12.9. The van der Waals surface area contributed by atoms with Crippen LogP contribution in [0.3, 0.4) is 0 Å². The van der Waals surface area contributed by atoms with Gasteiger partial charge in [-0.25, -0.2) is 4.79 Å². The van der Waals surface area contributed by atoms with E-state index in [4.69, 9.17) is 4.74 Å². The zero-order valence-electron chi connectivity index (χ0n) is 9.68. The molecule has 18 heavy (non-hydrogen) atoms. The molecule has 0 spiro atoms. The Bertz CT molecular complexity index is 602. The Morgan fingerprint density at radius 2 is 1.78 bits per heavy atom. The van der Waals surface area contributed by atoms with Gasteiger partial charge in [-0.2, -0.15) is 4.99 Å². The molecule has 2 aromatic carbocycles. The molecule has 4 heteroatoms. The van der Waals surface area contributed by atoms with E-state index in [0.29, 0.717) is 11.4 Å². The minimum atomic E-state index is 0.605. The van der Waals surface area contributed by atoms with Crippen LogP contribution in [0.1, 0.15) is 5.56 Å². The van der Waals surface area contributed by atoms with Crippen LogP contribution in [0.15, 0.2) is 51.9 Å². The van der Waals surface area contributed by atoms with Crippen LogP contribution in [0.4, 0.5) is 5.69 Å². The van der Waals surface area contributed by atoms with Crippen LogP contribution in [0.5, 0.6) is 11.5 Å². The fourth-order valence-corrected chi connectivity index (χ4v) is 1.77. The van der Waals surface area contributed by atoms with E-state index in [0.717, 1.165) is 15.8 Å². The molecule has 2 aromatic rings. The molecule has 0 fully saturated rings. The first kappa shape index (κ1) is 12.6. The average molecular weight is 304 g/mol. The van der Waals surface area contributed by atoms with Crippen molar-refractivity contribution in [1.29, 1.82) is 0 Å². The van der Waals surface area contributed by atoms with Crippen molar-refractivity contribution >= 4 is 27.7 Å². The van der Waals surface area contributed by atoms with Crippen LogP contribution < -0.4 is 4.74 Å². The van der Waals surface area contributed by atoms with Gasteiger partial charge in [0.1, 0.15) is 11.5 Å². The Hall–Kier alpha value is -1.90. The Morgan fingerprint density at radius 1 is 1.11 bits per heavy atom. The van der Waals surface area contributed by atoms with E-state index < -0.39 is 0 Å². The molecular formula is C14H10BrNO2. The quantitative estimate of drug-likeness (QED) is 0.618. The second kappa shape index (κ2) is 5.63. The molecule has 0 N–H and O–H groups in total. The Kier molecular flexibility index (Phi) is 3.92. The van der Waals surface area contributed by atoms with Gasteiger partial charge in [-0.3, -0.25) is 0 Å². The monoisotopic (exact) mass is 303 g/mol. The number of aliphatic imine (C=N–C) groups is 1. The van der Waals surface area contributed by atoms with Crippen molar-refractivity contribution in [3.05, 3.63) is 52.5 Å². The number of isocyanates is 1. The highest BCUT2D eigenvalue weighted by Crippen LogP contribution is 2.27. The highest BCUT2D eigenvalue weighted by molar-refractivity contribution is 9.10. The van der Waals surface area contributed by atoms with Crippen molar-refractivity contribution in [2.24, 2.45) is 4.99 Å². The number of hydrogen-bond donors (Lipinski definition) is 0. The number of halogens is 1. The molecule has 0 radical (unpaired) electrons. The van der Waals surface area contributed by atoms with Gasteiger partial charge in [-0.05, 0) is 55.0 Å². The van der Waals surface area contributed by atoms with Crippen LogP contribution in [-0.4, -0.2) is 6.08 Å². The van der Waals surface area contributed by atoms with Crippen LogP contribution in [0, 0.1) is 6.92 Å². The van der Waals surface area contributed by atoms with Crippen LogP contribution >= 0.6 is 15.9 Å². The number of aryl methyl sites for hydroxylation is 1. The molecular weight excluding hydrogens is 294 g/mol. The maximum atomic E-state index is 10.2. The molecule has 0 aliphatic rings. The third-order valence-corrected chi connectivity index (χ3v) is 2.91. The van der Waals surface area contributed by atoms with E-state index >= 15 is 0 Å². The Labute approximate surface area is 113 Å². The smallest absolute Gasteiger partial charge is 0.240 e. The lowest BCUT2D eigenvalue weighted by Gasteiger charge is -2.07. The molecule has 0 amide bonds. The third kappa shape index (κ3) is 3.06. The molecule has 0 atom stereocenters. The number of ether oxygens (including phenoxy) is 1. The third-order valence-electron chi connectivity index (χ3n) is 2.38. The maximum absolute atomic E-state index is 10.2. The second-order valence-electron chi connectivity index (χ2n) is 3.71. The zero-order valence-corrected chi connectivity index (χ0v) is 11.3. The first-order valence-electron chi connectivity index (χ1n) is 5.31. The van der Waals surface area contributed by atoms with E-state index in [1.165, 1.54) is 6.08 Å². The van der Waals surface area contributed by atoms with Gasteiger partial charge >= 0.3 is 0 Å². The van der Waals surface area contributed by atoms with Gasteiger partial charge in [0.2, 0.25) is 6.08 Å². The van der Waals surface area contributed by atoms with Gasteiger partial charge in [0.05, 0.1) is 5.69 Å². The number of benzene rings is 2. The summed E-state index contributed by atoms with van der Waals surface area (Å²) in [5, 5.41) is 0. The molecule has 0 aromatic heterocycles. The van der Waals surface area contributed by atoms with Crippen molar-refractivity contribution < 1.29 is 9.53 Å². The van der Waals surface area contributed by atoms with Gasteiger partial charge < -0.3 is 4.74 Å². The van der Waals surface area contributed by atoms with Crippen molar-refractivity contribution in [3.8, 4) is 11.5 Å². The molecule has 0 aliphatic heterocycles. The number of carbonyl (C=O) groups excluding carboxylic acids is 1. The standard InChI is InChI=1S/C14H10BrNO2/c1-10-8-13(6-7-14(10)16-9-17)18-12-4-2-11(15)3-5-12/h2-8H,1H3. The maximum Gasteiger partial charge on any atom is 0.240 e. The first-order chi connectivity index (χ1) is 8.69. The molecule has 0 heterocycles. The van der Waals surface area contributed by atoms with Crippen LogP contribution in [0.2, 0.25) is 0 Å². The van der Waals surface area contributed by atoms with Crippen molar-refractivity contribution in [3.63, 3.8) is 0 Å². The van der Waals surface area contributed by atoms with E-state index in [-0.39, 0.29) is 0 Å². The van der Waals surface area contributed by atoms with Crippen LogP contribution in [-0.2, 0) is 4.79 Å². The van der Waals surface area contributed by atoms with E-state index in [2.05, 4.69) is 20.9 Å². The second-order valence-corrected chi connectivity index (χ2v) is 4.62. The highest BCUT2D eigenvalue weighted by Gasteiger charge is 2.01. The van der Waals surface area contributed by atoms with Gasteiger partial charge in [-0.1, -0.05) is 15.9 Å². The zero-order chi connectivity index (χ0) is 13.0. The summed E-state index contributed by atoms with van der Waals surface area (Å²) >= 11 is 3.36. The lowest BCUT2D eigenvalue weighted by molar-refractivity contribution is 0.482. The minimum Gasteiger partial charge on any atom is -0.457 e. The van der Waals surface area contributed by atoms with Crippen LogP contribution in [0.25, 0.3) is 0 Å². The average Bonchev–Trinajstić information content (AvgIpc) is 2.36. The molecule has 0 bridgehead atoms. The number of rotatable bonds is 3. The molecule has 0 saturated carbocycles. The summed E-state index contributed by atoms with van der Waals surface area (Å²) in [5.41, 5.74) is 1.47. The molecule has 0 aliphatic carbocycles. The normalized spacial score (nSPS) is 9.67. The summed E-state index contributed by atoms with van der Waals surface area (Å²) in [4.78, 5) is 13.8. The molecule has 2 rings (SSSR count). The topological polar surface area (TPSA) is 38.7 Å². The molecule has 3 nitrogen and oxygen atoms in total. The van der Waals surface area contributed by atoms with Crippen molar-refractivity contribution in [1.82, 2.24) is 0 Å². The minimum absolute atomic E-state index is 0.605. The van der Waals surface area contributed by atoms with Crippen molar-refractivity contribution in [2.45, 2.75) is 6.92 Å². The molecule has 90 valence electrons. The molecule has 0 saturated heterocycles. The largest absolute Gasteiger partial charge is 0.457 e. The summed E-state index contributed by atoms with van der Waals surface area (Å²) in [6.45, 7) is 1.87. The predicted molar refractivity (Wildman–Crippen MR) is 73.2 cm³/mol. The predicted octanol–water partition coefficient (Wildman–Crippen LogP) is 4.52. The Balaban J connectivity index is 2.22. The Morgan fingerprint density at radius 3 is 2.39 bits per heavy atom. The SMILES string of the molecule is Cc1cc(Oc2ccc(Br)cc2)ccc1N=C=O. The van der Waals surface area contributed by atoms with Gasteiger partial charge in [0.15, 0.2) is 0 Å². The summed E-state index contributed by atoms with van der Waals surface area (Å²) in [6.07, 6.45) is 1.53. The number of nitrogens with zero attached hydrogens (tertiary/aromatic N) is 1. The highest BCUT2D eigenvalue weighted by atomic mass is 79.9. The first-order valence-corrected chi connectivity index (χ1v) is 6.10. The van der Waals surface area contributed by atoms with Gasteiger partial charge in [0, 0.05) is 4.47 Å². The van der Waals surface area contributed by atoms with E-state index in [9.17, 15) is 4.79 Å². The fraction of sp³-hybridized carbons (Fsp3) is 0.0714. The summed E-state index contributed by atoms with van der Waals surface area (Å²) < 4.78 is 6.69.